The number of carbonyl (C=O) groups excluding carboxylic acids is 1. The van der Waals surface area contributed by atoms with Crippen molar-refractivity contribution in [2.45, 2.75) is 20.5 Å². The van der Waals surface area contributed by atoms with Gasteiger partial charge in [-0.3, -0.25) is 4.79 Å². The van der Waals surface area contributed by atoms with Crippen molar-refractivity contribution in [1.82, 2.24) is 0 Å². The highest BCUT2D eigenvalue weighted by Gasteiger charge is 2.10. The maximum atomic E-state index is 12.2. The van der Waals surface area contributed by atoms with E-state index in [0.717, 1.165) is 16.8 Å². The quantitative estimate of drug-likeness (QED) is 0.918. The van der Waals surface area contributed by atoms with Crippen molar-refractivity contribution in [3.8, 4) is 5.75 Å². The van der Waals surface area contributed by atoms with Gasteiger partial charge in [-0.1, -0.05) is 18.2 Å². The molecule has 21 heavy (non-hydrogen) atoms. The molecule has 0 fully saturated rings. The molecule has 0 saturated heterocycles. The van der Waals surface area contributed by atoms with E-state index in [-0.39, 0.29) is 11.7 Å². The van der Waals surface area contributed by atoms with E-state index in [1.54, 1.807) is 0 Å². The van der Waals surface area contributed by atoms with Crippen molar-refractivity contribution in [3.63, 3.8) is 0 Å². The van der Waals surface area contributed by atoms with Crippen LogP contribution in [0.1, 0.15) is 21.5 Å². The summed E-state index contributed by atoms with van der Waals surface area (Å²) in [6.07, 6.45) is 0. The normalized spacial score (nSPS) is 10.5. The third kappa shape index (κ3) is 3.78. The number of benzene rings is 2. The molecule has 0 saturated carbocycles. The van der Waals surface area contributed by atoms with E-state index in [4.69, 9.17) is 0 Å². The Morgan fingerprint density at radius 3 is 2.14 bits per heavy atom. The number of rotatable bonds is 4. The number of para-hydroxylation sites is 1. The Morgan fingerprint density at radius 1 is 1.05 bits per heavy atom. The number of hydrogen-bond acceptors (Lipinski definition) is 2. The molecule has 0 radical (unpaired) electrons. The fraction of sp³-hybridized carbons (Fsp3) is 0.188. The number of alkyl halides is 2. The molecule has 5 heteroatoms. The van der Waals surface area contributed by atoms with Gasteiger partial charge < -0.3 is 10.1 Å². The van der Waals surface area contributed by atoms with Crippen molar-refractivity contribution in [3.05, 3.63) is 59.2 Å². The summed E-state index contributed by atoms with van der Waals surface area (Å²) < 4.78 is 28.3. The van der Waals surface area contributed by atoms with Crippen LogP contribution in [0.3, 0.4) is 0 Å². The molecule has 2 rings (SSSR count). The lowest BCUT2D eigenvalue weighted by molar-refractivity contribution is -0.0498. The second kappa shape index (κ2) is 6.35. The minimum Gasteiger partial charge on any atom is -0.435 e. The number of amides is 1. The fourth-order valence-corrected chi connectivity index (χ4v) is 1.99. The molecular weight excluding hydrogens is 276 g/mol. The van der Waals surface area contributed by atoms with E-state index in [1.807, 2.05) is 32.0 Å². The summed E-state index contributed by atoms with van der Waals surface area (Å²) in [7, 11) is 0. The molecule has 0 aliphatic carbocycles. The topological polar surface area (TPSA) is 38.3 Å². The smallest absolute Gasteiger partial charge is 0.387 e. The van der Waals surface area contributed by atoms with E-state index < -0.39 is 6.61 Å². The number of aryl methyl sites for hydroxylation is 2. The number of hydrogen-bond donors (Lipinski definition) is 1. The van der Waals surface area contributed by atoms with Crippen LogP contribution in [0.25, 0.3) is 0 Å². The van der Waals surface area contributed by atoms with Gasteiger partial charge in [0.15, 0.2) is 0 Å². The van der Waals surface area contributed by atoms with Crippen LogP contribution in [0.15, 0.2) is 42.5 Å². The number of carbonyl (C=O) groups is 1. The maximum Gasteiger partial charge on any atom is 0.387 e. The summed E-state index contributed by atoms with van der Waals surface area (Å²) in [5.41, 5.74) is 3.05. The first-order valence-corrected chi connectivity index (χ1v) is 6.40. The first kappa shape index (κ1) is 15.0. The highest BCUT2D eigenvalue weighted by atomic mass is 19.3. The van der Waals surface area contributed by atoms with Crippen LogP contribution in [0.5, 0.6) is 5.75 Å². The highest BCUT2D eigenvalue weighted by Crippen LogP contribution is 2.21. The Hall–Kier alpha value is -2.43. The Kier molecular flexibility index (Phi) is 4.52. The van der Waals surface area contributed by atoms with Crippen molar-refractivity contribution in [1.29, 1.82) is 0 Å². The molecule has 1 N–H and O–H groups in total. The molecule has 2 aromatic rings. The molecule has 2 aromatic carbocycles. The van der Waals surface area contributed by atoms with Crippen LogP contribution >= 0.6 is 0 Å². The lowest BCUT2D eigenvalue weighted by atomic mass is 10.1. The van der Waals surface area contributed by atoms with Gasteiger partial charge in [-0.05, 0) is 49.2 Å². The monoisotopic (exact) mass is 291 g/mol. The summed E-state index contributed by atoms with van der Waals surface area (Å²) >= 11 is 0. The molecule has 110 valence electrons. The van der Waals surface area contributed by atoms with E-state index in [9.17, 15) is 13.6 Å². The van der Waals surface area contributed by atoms with Crippen LogP contribution < -0.4 is 10.1 Å². The summed E-state index contributed by atoms with van der Waals surface area (Å²) in [6.45, 7) is 0.934. The third-order valence-corrected chi connectivity index (χ3v) is 3.06. The predicted molar refractivity (Wildman–Crippen MR) is 76.9 cm³/mol. The molecule has 0 aliphatic heterocycles. The minimum absolute atomic E-state index is 0.0219. The molecule has 3 nitrogen and oxygen atoms in total. The van der Waals surface area contributed by atoms with Gasteiger partial charge in [0.25, 0.3) is 5.91 Å². The van der Waals surface area contributed by atoms with Crippen molar-refractivity contribution >= 4 is 11.6 Å². The van der Waals surface area contributed by atoms with Crippen LogP contribution in [-0.2, 0) is 0 Å². The Bertz CT molecular complexity index is 619. The number of ether oxygens (including phenoxy) is 1. The van der Waals surface area contributed by atoms with E-state index in [0.29, 0.717) is 5.56 Å². The Labute approximate surface area is 121 Å². The number of anilines is 1. The van der Waals surface area contributed by atoms with Crippen LogP contribution in [0.4, 0.5) is 14.5 Å². The average molecular weight is 291 g/mol. The molecule has 0 unspecified atom stereocenters. The zero-order valence-electron chi connectivity index (χ0n) is 11.7. The van der Waals surface area contributed by atoms with Crippen molar-refractivity contribution in [2.24, 2.45) is 0 Å². The predicted octanol–water partition coefficient (Wildman–Crippen LogP) is 4.16. The second-order valence-corrected chi connectivity index (χ2v) is 4.62. The van der Waals surface area contributed by atoms with Gasteiger partial charge in [-0.2, -0.15) is 8.78 Å². The van der Waals surface area contributed by atoms with E-state index in [1.165, 1.54) is 24.3 Å². The lowest BCUT2D eigenvalue weighted by Gasteiger charge is -2.11. The summed E-state index contributed by atoms with van der Waals surface area (Å²) in [5, 5.41) is 2.83. The van der Waals surface area contributed by atoms with Gasteiger partial charge in [0, 0.05) is 11.3 Å². The summed E-state index contributed by atoms with van der Waals surface area (Å²) in [6, 6.07) is 11.3. The number of halogens is 2. The maximum absolute atomic E-state index is 12.2. The van der Waals surface area contributed by atoms with Gasteiger partial charge >= 0.3 is 6.61 Å². The van der Waals surface area contributed by atoms with Gasteiger partial charge in [-0.25, -0.2) is 0 Å². The van der Waals surface area contributed by atoms with Crippen LogP contribution in [-0.4, -0.2) is 12.5 Å². The molecule has 0 aliphatic rings. The molecular formula is C16H15F2NO2. The largest absolute Gasteiger partial charge is 0.435 e. The van der Waals surface area contributed by atoms with Crippen LogP contribution in [0.2, 0.25) is 0 Å². The van der Waals surface area contributed by atoms with Crippen molar-refractivity contribution < 1.29 is 18.3 Å². The first-order valence-electron chi connectivity index (χ1n) is 6.40. The molecule has 0 bridgehead atoms. The van der Waals surface area contributed by atoms with Crippen molar-refractivity contribution in [2.75, 3.05) is 5.32 Å². The fourth-order valence-electron chi connectivity index (χ4n) is 1.99. The van der Waals surface area contributed by atoms with Gasteiger partial charge in [0.1, 0.15) is 5.75 Å². The Balaban J connectivity index is 2.13. The highest BCUT2D eigenvalue weighted by molar-refractivity contribution is 6.05. The average Bonchev–Trinajstić information content (AvgIpc) is 2.43. The molecule has 0 heterocycles. The Morgan fingerprint density at radius 2 is 1.62 bits per heavy atom. The first-order chi connectivity index (χ1) is 9.97. The molecule has 0 aromatic heterocycles. The van der Waals surface area contributed by atoms with E-state index in [2.05, 4.69) is 10.1 Å². The molecule has 0 atom stereocenters. The van der Waals surface area contributed by atoms with Crippen LogP contribution in [0, 0.1) is 13.8 Å². The summed E-state index contributed by atoms with van der Waals surface area (Å²) in [4.78, 5) is 12.2. The van der Waals surface area contributed by atoms with Gasteiger partial charge in [0.2, 0.25) is 0 Å². The SMILES string of the molecule is Cc1cccc(C)c1NC(=O)c1ccc(OC(F)F)cc1. The zero-order valence-corrected chi connectivity index (χ0v) is 11.7. The standard InChI is InChI=1S/C16H15F2NO2/c1-10-4-3-5-11(2)14(10)19-15(20)12-6-8-13(9-7-12)21-16(17)18/h3-9,16H,1-2H3,(H,19,20). The van der Waals surface area contributed by atoms with Gasteiger partial charge in [0.05, 0.1) is 0 Å². The second-order valence-electron chi connectivity index (χ2n) is 4.62. The van der Waals surface area contributed by atoms with E-state index >= 15 is 0 Å². The zero-order chi connectivity index (χ0) is 15.4. The summed E-state index contributed by atoms with van der Waals surface area (Å²) in [5.74, 6) is -0.274. The lowest BCUT2D eigenvalue weighted by Crippen LogP contribution is -2.13. The third-order valence-electron chi connectivity index (χ3n) is 3.06. The molecule has 1 amide bonds. The molecule has 0 spiro atoms. The van der Waals surface area contributed by atoms with Gasteiger partial charge in [-0.15, -0.1) is 0 Å². The number of nitrogens with one attached hydrogen (secondary N) is 1. The minimum atomic E-state index is -2.88.